The lowest BCUT2D eigenvalue weighted by Crippen LogP contribution is -2.15. The van der Waals surface area contributed by atoms with Crippen LogP contribution in [0.1, 0.15) is 41.4 Å². The summed E-state index contributed by atoms with van der Waals surface area (Å²) in [4.78, 5) is 24.2. The number of aromatic nitrogens is 3. The first-order valence-corrected chi connectivity index (χ1v) is 12.2. The summed E-state index contributed by atoms with van der Waals surface area (Å²) in [6.45, 7) is 4.02. The lowest BCUT2D eigenvalue weighted by Gasteiger charge is -2.23. The third kappa shape index (κ3) is 6.85. The minimum Gasteiger partial charge on any atom is -0.485 e. The van der Waals surface area contributed by atoms with Crippen LogP contribution in [-0.2, 0) is 6.18 Å². The Kier molecular flexibility index (Phi) is 8.52. The zero-order valence-electron chi connectivity index (χ0n) is 22.1. The van der Waals surface area contributed by atoms with Gasteiger partial charge >= 0.3 is 30.2 Å². The highest BCUT2D eigenvalue weighted by Gasteiger charge is 2.30. The van der Waals surface area contributed by atoms with Gasteiger partial charge in [0.25, 0.3) is 0 Å². The molecule has 0 saturated heterocycles. The minimum absolute atomic E-state index is 0.0643. The largest absolute Gasteiger partial charge is 0.485 e. The summed E-state index contributed by atoms with van der Waals surface area (Å²) in [6.07, 6.45) is -4.69. The number of carbonyl (C=O) groups excluding carboxylic acids is 1. The van der Waals surface area contributed by atoms with Gasteiger partial charge in [-0.05, 0) is 59.0 Å². The van der Waals surface area contributed by atoms with Crippen LogP contribution < -0.4 is 18.9 Å². The van der Waals surface area contributed by atoms with Crippen molar-refractivity contribution in [1.29, 1.82) is 0 Å². The molecule has 0 unspecified atom stereocenters. The van der Waals surface area contributed by atoms with Crippen molar-refractivity contribution in [2.75, 3.05) is 14.2 Å². The van der Waals surface area contributed by atoms with Gasteiger partial charge in [0.05, 0.1) is 25.3 Å². The Morgan fingerprint density at radius 1 is 0.725 bits per heavy atom. The monoisotopic (exact) mass is 553 g/mol. The Balaban J connectivity index is 1.44. The summed E-state index contributed by atoms with van der Waals surface area (Å²) in [7, 11) is 2.72. The first-order chi connectivity index (χ1) is 19.1. The van der Waals surface area contributed by atoms with E-state index in [-0.39, 0.29) is 35.6 Å². The van der Waals surface area contributed by atoms with Gasteiger partial charge in [-0.2, -0.15) is 13.2 Å². The number of alkyl halides is 3. The molecule has 0 bridgehead atoms. The molecule has 1 atom stereocenters. The molecule has 0 fully saturated rings. The Labute approximate surface area is 228 Å². The number of rotatable bonds is 9. The van der Waals surface area contributed by atoms with Crippen molar-refractivity contribution in [2.45, 2.75) is 26.1 Å². The first kappa shape index (κ1) is 28.3. The maximum absolute atomic E-state index is 12.9. The molecule has 40 heavy (non-hydrogen) atoms. The first-order valence-electron chi connectivity index (χ1n) is 12.2. The molecule has 4 rings (SSSR count). The van der Waals surface area contributed by atoms with Crippen LogP contribution in [0.3, 0.4) is 0 Å². The summed E-state index contributed by atoms with van der Waals surface area (Å²) in [5.74, 6) is -0.0675. The van der Waals surface area contributed by atoms with Crippen LogP contribution in [0.15, 0.2) is 72.8 Å². The number of halogens is 3. The van der Waals surface area contributed by atoms with E-state index in [1.165, 1.54) is 26.4 Å². The van der Waals surface area contributed by atoms with Gasteiger partial charge in [-0.3, -0.25) is 0 Å². The topological polar surface area (TPSA) is 92.7 Å². The number of carbonyl (C=O) groups is 1. The second-order valence-electron chi connectivity index (χ2n) is 8.98. The second kappa shape index (κ2) is 12.0. The Bertz CT molecular complexity index is 1420. The average molecular weight is 554 g/mol. The molecule has 208 valence electrons. The zero-order chi connectivity index (χ0) is 28.9. The minimum atomic E-state index is -4.38. The lowest BCUT2D eigenvalue weighted by molar-refractivity contribution is -0.137. The fourth-order valence-electron chi connectivity index (χ4n) is 3.81. The quantitative estimate of drug-likeness (QED) is 0.215. The van der Waals surface area contributed by atoms with E-state index in [1.54, 1.807) is 24.3 Å². The van der Waals surface area contributed by atoms with Gasteiger partial charge in [-0.15, -0.1) is 15.0 Å². The smallest absolute Gasteiger partial charge is 0.416 e. The molecule has 0 saturated carbocycles. The summed E-state index contributed by atoms with van der Waals surface area (Å²) in [5, 5.41) is 0. The molecule has 11 heteroatoms. The van der Waals surface area contributed by atoms with Crippen molar-refractivity contribution >= 4 is 5.97 Å². The van der Waals surface area contributed by atoms with E-state index in [0.29, 0.717) is 11.3 Å². The van der Waals surface area contributed by atoms with Crippen LogP contribution >= 0.6 is 0 Å². The van der Waals surface area contributed by atoms with Gasteiger partial charge in [-0.1, -0.05) is 50.2 Å². The molecule has 0 aliphatic carbocycles. The molecule has 0 N–H and O–H groups in total. The summed E-state index contributed by atoms with van der Waals surface area (Å²) < 4.78 is 60.0. The molecule has 3 aromatic carbocycles. The van der Waals surface area contributed by atoms with E-state index >= 15 is 0 Å². The van der Waals surface area contributed by atoms with Crippen LogP contribution in [0, 0.1) is 5.92 Å². The third-order valence-corrected chi connectivity index (χ3v) is 5.87. The van der Waals surface area contributed by atoms with Crippen LogP contribution in [0.5, 0.6) is 23.8 Å². The van der Waals surface area contributed by atoms with Gasteiger partial charge < -0.3 is 18.9 Å². The standard InChI is InChI=1S/C29H26F3N3O5/c1-17(2)24(20-7-5-18(6-8-20)19-9-13-22(14-10-19)29(30,31)32)39-23-15-11-21(12-16-23)25(36)40-28-34-26(37-3)33-27(35-28)38-4/h5-17,24H,1-4H3/t24-/m0/s1. The maximum atomic E-state index is 12.9. The van der Waals surface area contributed by atoms with Crippen LogP contribution in [-0.4, -0.2) is 35.1 Å². The van der Waals surface area contributed by atoms with Crippen molar-refractivity contribution < 1.29 is 36.9 Å². The molecule has 0 amide bonds. The summed E-state index contributed by atoms with van der Waals surface area (Å²) >= 11 is 0. The highest BCUT2D eigenvalue weighted by atomic mass is 19.4. The van der Waals surface area contributed by atoms with Gasteiger partial charge in [0.2, 0.25) is 0 Å². The van der Waals surface area contributed by atoms with Gasteiger partial charge in [0.1, 0.15) is 11.9 Å². The zero-order valence-corrected chi connectivity index (χ0v) is 22.1. The number of ether oxygens (including phenoxy) is 4. The number of hydrogen-bond acceptors (Lipinski definition) is 8. The average Bonchev–Trinajstić information content (AvgIpc) is 2.95. The Morgan fingerprint density at radius 3 is 1.70 bits per heavy atom. The number of benzene rings is 3. The predicted octanol–water partition coefficient (Wildman–Crippen LogP) is 6.57. The predicted molar refractivity (Wildman–Crippen MR) is 139 cm³/mol. The number of nitrogens with zero attached hydrogens (tertiary/aromatic N) is 3. The SMILES string of the molecule is COc1nc(OC)nc(OC(=O)c2ccc(O[C@H](c3ccc(-c4ccc(C(F)(F)F)cc4)cc3)C(C)C)cc2)n1. The van der Waals surface area contributed by atoms with Gasteiger partial charge in [-0.25, -0.2) is 4.79 Å². The number of hydrogen-bond donors (Lipinski definition) is 0. The van der Waals surface area contributed by atoms with E-state index in [4.69, 9.17) is 18.9 Å². The molecule has 0 aliphatic rings. The fraction of sp³-hybridized carbons (Fsp3) is 0.241. The van der Waals surface area contributed by atoms with E-state index in [9.17, 15) is 18.0 Å². The molecule has 0 aliphatic heterocycles. The highest BCUT2D eigenvalue weighted by Crippen LogP contribution is 2.33. The van der Waals surface area contributed by atoms with Crippen molar-refractivity contribution in [3.63, 3.8) is 0 Å². The van der Waals surface area contributed by atoms with Crippen molar-refractivity contribution in [3.05, 3.63) is 89.5 Å². The molecule has 8 nitrogen and oxygen atoms in total. The maximum Gasteiger partial charge on any atom is 0.416 e. The summed E-state index contributed by atoms with van der Waals surface area (Å²) in [6, 6.07) is 18.5. The second-order valence-corrected chi connectivity index (χ2v) is 8.98. The van der Waals surface area contributed by atoms with Crippen LogP contribution in [0.2, 0.25) is 0 Å². The van der Waals surface area contributed by atoms with E-state index in [0.717, 1.165) is 23.3 Å². The van der Waals surface area contributed by atoms with Gasteiger partial charge in [0.15, 0.2) is 0 Å². The van der Waals surface area contributed by atoms with Crippen molar-refractivity contribution in [1.82, 2.24) is 15.0 Å². The Hall–Kier alpha value is -4.67. The van der Waals surface area contributed by atoms with E-state index in [2.05, 4.69) is 15.0 Å². The molecule has 0 spiro atoms. The molecule has 4 aromatic rings. The fourth-order valence-corrected chi connectivity index (χ4v) is 3.81. The molecule has 0 radical (unpaired) electrons. The van der Waals surface area contributed by atoms with Crippen LogP contribution in [0.25, 0.3) is 11.1 Å². The number of methoxy groups -OCH3 is 2. The Morgan fingerprint density at radius 2 is 1.23 bits per heavy atom. The van der Waals surface area contributed by atoms with Crippen molar-refractivity contribution in [2.24, 2.45) is 5.92 Å². The van der Waals surface area contributed by atoms with Crippen LogP contribution in [0.4, 0.5) is 13.2 Å². The normalized spacial score (nSPS) is 12.1. The number of esters is 1. The molecular weight excluding hydrogens is 527 g/mol. The molecule has 1 heterocycles. The molecule has 1 aromatic heterocycles. The third-order valence-electron chi connectivity index (χ3n) is 5.87. The molecular formula is C29H26F3N3O5. The van der Waals surface area contributed by atoms with E-state index < -0.39 is 17.7 Å². The lowest BCUT2D eigenvalue weighted by atomic mass is 9.96. The summed E-state index contributed by atoms with van der Waals surface area (Å²) in [5.41, 5.74) is 1.92. The van der Waals surface area contributed by atoms with E-state index in [1.807, 2.05) is 38.1 Å². The van der Waals surface area contributed by atoms with Crippen molar-refractivity contribution in [3.8, 4) is 34.9 Å². The highest BCUT2D eigenvalue weighted by molar-refractivity contribution is 5.90. The van der Waals surface area contributed by atoms with Gasteiger partial charge in [0, 0.05) is 0 Å².